The van der Waals surface area contributed by atoms with Gasteiger partial charge in [0.05, 0.1) is 11.6 Å². The third-order valence-electron chi connectivity index (χ3n) is 9.29. The number of para-hydroxylation sites is 3. The van der Waals surface area contributed by atoms with Gasteiger partial charge in [-0.25, -0.2) is 9.48 Å². The first-order valence-corrected chi connectivity index (χ1v) is 15.9. The Bertz CT molecular complexity index is 1820. The third kappa shape index (κ3) is 5.90. The minimum Gasteiger partial charge on any atom is -0.361 e. The van der Waals surface area contributed by atoms with Crippen molar-refractivity contribution in [1.82, 2.24) is 35.1 Å². The van der Waals surface area contributed by atoms with Crippen molar-refractivity contribution in [3.63, 3.8) is 0 Å². The van der Waals surface area contributed by atoms with Crippen LogP contribution in [0, 0.1) is 5.92 Å². The van der Waals surface area contributed by atoms with Gasteiger partial charge in [0.15, 0.2) is 0 Å². The highest BCUT2D eigenvalue weighted by Crippen LogP contribution is 2.31. The highest BCUT2D eigenvalue weighted by molar-refractivity contribution is 6.00. The number of hydrogen-bond acceptors (Lipinski definition) is 5. The molecule has 45 heavy (non-hydrogen) atoms. The first-order valence-electron chi connectivity index (χ1n) is 15.9. The zero-order valence-electron chi connectivity index (χ0n) is 25.9. The van der Waals surface area contributed by atoms with Crippen molar-refractivity contribution < 1.29 is 9.59 Å². The van der Waals surface area contributed by atoms with Crippen LogP contribution in [0.3, 0.4) is 0 Å². The van der Waals surface area contributed by atoms with E-state index >= 15 is 0 Å². The number of carbonyl (C=O) groups excluding carboxylic acids is 2. The number of amides is 3. The fourth-order valence-electron chi connectivity index (χ4n) is 7.15. The second kappa shape index (κ2) is 12.4. The van der Waals surface area contributed by atoms with Gasteiger partial charge in [0.2, 0.25) is 5.91 Å². The molecular formula is C35H40N8O2. The number of anilines is 1. The van der Waals surface area contributed by atoms with E-state index in [0.29, 0.717) is 32.0 Å². The van der Waals surface area contributed by atoms with Crippen LogP contribution in [0.2, 0.25) is 0 Å². The molecule has 5 aromatic rings. The summed E-state index contributed by atoms with van der Waals surface area (Å²) in [5, 5.41) is 13.0. The first kappa shape index (κ1) is 29.0. The molecule has 0 unspecified atom stereocenters. The summed E-state index contributed by atoms with van der Waals surface area (Å²) in [4.78, 5) is 37.7. The molecule has 0 spiro atoms. The lowest BCUT2D eigenvalue weighted by atomic mass is 9.91. The second-order valence-electron chi connectivity index (χ2n) is 12.7. The number of carbonyl (C=O) groups is 2. The lowest BCUT2D eigenvalue weighted by molar-refractivity contribution is -0.120. The Balaban J connectivity index is 1.12. The van der Waals surface area contributed by atoms with E-state index in [1.165, 1.54) is 5.56 Å². The molecule has 2 aliphatic heterocycles. The van der Waals surface area contributed by atoms with Gasteiger partial charge in [-0.2, -0.15) is 0 Å². The van der Waals surface area contributed by atoms with Crippen molar-refractivity contribution in [2.24, 2.45) is 5.92 Å². The average molecular weight is 605 g/mol. The van der Waals surface area contributed by atoms with Gasteiger partial charge in [-0.3, -0.25) is 4.79 Å². The molecule has 3 aromatic carbocycles. The molecule has 3 amide bonds. The highest BCUT2D eigenvalue weighted by atomic mass is 16.2. The van der Waals surface area contributed by atoms with Crippen LogP contribution in [-0.4, -0.2) is 88.0 Å². The Labute approximate surface area is 263 Å². The summed E-state index contributed by atoms with van der Waals surface area (Å²) in [5.41, 5.74) is 6.03. The minimum atomic E-state index is -0.722. The molecule has 1 saturated heterocycles. The fourth-order valence-corrected chi connectivity index (χ4v) is 7.15. The minimum absolute atomic E-state index is 0.0755. The van der Waals surface area contributed by atoms with Crippen molar-refractivity contribution in [2.45, 2.75) is 37.8 Å². The van der Waals surface area contributed by atoms with E-state index < -0.39 is 6.04 Å². The summed E-state index contributed by atoms with van der Waals surface area (Å²) in [6.45, 7) is 2.66. The van der Waals surface area contributed by atoms with Crippen molar-refractivity contribution in [1.29, 1.82) is 0 Å². The Morgan fingerprint density at radius 3 is 2.60 bits per heavy atom. The molecule has 0 bridgehead atoms. The molecule has 232 valence electrons. The molecular weight excluding hydrogens is 564 g/mol. The quantitative estimate of drug-likeness (QED) is 0.282. The zero-order valence-corrected chi connectivity index (χ0v) is 25.9. The van der Waals surface area contributed by atoms with Gasteiger partial charge in [0, 0.05) is 55.4 Å². The Hall–Kier alpha value is -4.70. The number of H-pyrrole nitrogens is 1. The van der Waals surface area contributed by atoms with Crippen molar-refractivity contribution in [3.8, 4) is 0 Å². The number of likely N-dealkylation sites (tertiary alicyclic amines) is 1. The van der Waals surface area contributed by atoms with Gasteiger partial charge in [0.25, 0.3) is 0 Å². The predicted molar refractivity (Wildman–Crippen MR) is 176 cm³/mol. The molecule has 2 N–H and O–H groups in total. The van der Waals surface area contributed by atoms with Crippen LogP contribution in [-0.2, 0) is 17.6 Å². The SMILES string of the molecule is CN(C)C[C@H]1Cc2ccccc2N(C(=O)[C@@H](Cc2c[nH]c3ccccc23)NC(=O)N2CCC(n3nnc4ccccc43)CC2)C1. The Morgan fingerprint density at radius 2 is 1.76 bits per heavy atom. The van der Waals surface area contributed by atoms with E-state index in [1.807, 2.05) is 81.3 Å². The van der Waals surface area contributed by atoms with Crippen molar-refractivity contribution in [3.05, 3.63) is 90.1 Å². The number of nitrogens with one attached hydrogen (secondary N) is 2. The summed E-state index contributed by atoms with van der Waals surface area (Å²) in [6.07, 6.45) is 4.83. The smallest absolute Gasteiger partial charge is 0.318 e. The van der Waals surface area contributed by atoms with E-state index in [9.17, 15) is 9.59 Å². The monoisotopic (exact) mass is 604 g/mol. The molecule has 2 aromatic heterocycles. The van der Waals surface area contributed by atoms with Crippen LogP contribution >= 0.6 is 0 Å². The molecule has 1 fully saturated rings. The molecule has 0 radical (unpaired) electrons. The molecule has 4 heterocycles. The van der Waals surface area contributed by atoms with E-state index in [2.05, 4.69) is 51.7 Å². The van der Waals surface area contributed by atoms with E-state index in [-0.39, 0.29) is 18.0 Å². The molecule has 2 atom stereocenters. The molecule has 10 heteroatoms. The number of benzene rings is 3. The van der Waals surface area contributed by atoms with Gasteiger partial charge in [0.1, 0.15) is 11.6 Å². The largest absolute Gasteiger partial charge is 0.361 e. The van der Waals surface area contributed by atoms with Gasteiger partial charge in [-0.1, -0.05) is 53.7 Å². The lowest BCUT2D eigenvalue weighted by Gasteiger charge is -2.38. The van der Waals surface area contributed by atoms with E-state index in [0.717, 1.165) is 59.0 Å². The average Bonchev–Trinajstić information content (AvgIpc) is 3.68. The van der Waals surface area contributed by atoms with Gasteiger partial charge in [-0.15, -0.1) is 5.10 Å². The van der Waals surface area contributed by atoms with Crippen LogP contribution < -0.4 is 10.2 Å². The number of aromatic nitrogens is 4. The number of piperidine rings is 1. The summed E-state index contributed by atoms with van der Waals surface area (Å²) in [6, 6.07) is 23.5. The molecule has 0 saturated carbocycles. The molecule has 10 nitrogen and oxygen atoms in total. The lowest BCUT2D eigenvalue weighted by Crippen LogP contribution is -2.56. The summed E-state index contributed by atoms with van der Waals surface area (Å²) < 4.78 is 1.99. The fraction of sp³-hybridized carbons (Fsp3) is 0.371. The Kier molecular flexibility index (Phi) is 7.97. The molecule has 0 aliphatic carbocycles. The number of rotatable bonds is 7. The summed E-state index contributed by atoms with van der Waals surface area (Å²) in [5.74, 6) is 0.226. The van der Waals surface area contributed by atoms with E-state index in [1.54, 1.807) is 0 Å². The van der Waals surface area contributed by atoms with Gasteiger partial charge < -0.3 is 25.0 Å². The normalized spacial score (nSPS) is 18.0. The maximum atomic E-state index is 14.6. The van der Waals surface area contributed by atoms with Gasteiger partial charge in [-0.05, 0) is 74.7 Å². The highest BCUT2D eigenvalue weighted by Gasteiger charge is 2.35. The standard InChI is InChI=1S/C35H40N8O2/c1-40(2)22-24-19-25-9-3-7-13-32(25)42(23-24)34(44)31(20-26-21-36-29-11-5-4-10-28(26)29)37-35(45)41-17-15-27(16-18-41)43-33-14-8-6-12-30(33)38-39-43/h3-14,21,24,27,31,36H,15-20,22-23H2,1-2H3,(H,37,45)/t24-,31-/m1/s1. The first-order chi connectivity index (χ1) is 21.9. The number of urea groups is 1. The zero-order chi connectivity index (χ0) is 30.9. The topological polar surface area (TPSA) is 102 Å². The number of fused-ring (bicyclic) bond motifs is 3. The van der Waals surface area contributed by atoms with Crippen molar-refractivity contribution >= 4 is 39.6 Å². The number of hydrogen-bond donors (Lipinski definition) is 2. The Morgan fingerprint density at radius 1 is 1.00 bits per heavy atom. The van der Waals surface area contributed by atoms with Crippen LogP contribution in [0.15, 0.2) is 79.0 Å². The maximum Gasteiger partial charge on any atom is 0.318 e. The summed E-state index contributed by atoms with van der Waals surface area (Å²) >= 11 is 0. The maximum absolute atomic E-state index is 14.6. The number of nitrogens with zero attached hydrogens (tertiary/aromatic N) is 6. The second-order valence-corrected chi connectivity index (χ2v) is 12.7. The van der Waals surface area contributed by atoms with E-state index in [4.69, 9.17) is 0 Å². The molecule has 7 rings (SSSR count). The molecule has 2 aliphatic rings. The van der Waals surface area contributed by atoms with Crippen LogP contribution in [0.4, 0.5) is 10.5 Å². The predicted octanol–water partition coefficient (Wildman–Crippen LogP) is 4.64. The van der Waals surface area contributed by atoms with Crippen LogP contribution in [0.1, 0.15) is 30.0 Å². The summed E-state index contributed by atoms with van der Waals surface area (Å²) in [7, 11) is 4.14. The van der Waals surface area contributed by atoms with Crippen molar-refractivity contribution in [2.75, 3.05) is 45.2 Å². The van der Waals surface area contributed by atoms with Crippen LogP contribution in [0.5, 0.6) is 0 Å². The third-order valence-corrected chi connectivity index (χ3v) is 9.29. The van der Waals surface area contributed by atoms with Gasteiger partial charge >= 0.3 is 6.03 Å². The van der Waals surface area contributed by atoms with Crippen LogP contribution in [0.25, 0.3) is 21.9 Å². The number of aromatic amines is 1.